The molecule has 0 fully saturated rings. The first-order valence-electron chi connectivity index (χ1n) is 5.46. The summed E-state index contributed by atoms with van der Waals surface area (Å²) in [6.45, 7) is 6.41. The summed E-state index contributed by atoms with van der Waals surface area (Å²) in [7, 11) is 0. The van der Waals surface area contributed by atoms with Gasteiger partial charge in [0.15, 0.2) is 5.88 Å². The Labute approximate surface area is 96.2 Å². The molecule has 0 aliphatic heterocycles. The molecule has 2 aromatic rings. The van der Waals surface area contributed by atoms with Crippen molar-refractivity contribution in [2.24, 2.45) is 0 Å². The molecule has 16 heavy (non-hydrogen) atoms. The molecule has 1 aromatic carbocycles. The highest BCUT2D eigenvalue weighted by molar-refractivity contribution is 5.40. The van der Waals surface area contributed by atoms with Crippen molar-refractivity contribution in [1.82, 2.24) is 4.57 Å². The smallest absolute Gasteiger partial charge is 0.195 e. The predicted octanol–water partition coefficient (Wildman–Crippen LogP) is 3.48. The van der Waals surface area contributed by atoms with Crippen LogP contribution in [0.5, 0.6) is 5.88 Å². The Bertz CT molecular complexity index is 477. The summed E-state index contributed by atoms with van der Waals surface area (Å²) in [5.41, 5.74) is 2.17. The molecule has 0 aliphatic rings. The first-order valence-corrected chi connectivity index (χ1v) is 5.46. The van der Waals surface area contributed by atoms with Crippen LogP contribution in [0.3, 0.4) is 0 Å². The van der Waals surface area contributed by atoms with E-state index in [-0.39, 0.29) is 11.3 Å². The van der Waals surface area contributed by atoms with E-state index in [1.54, 1.807) is 4.57 Å². The zero-order valence-electron chi connectivity index (χ0n) is 9.94. The Kier molecular flexibility index (Phi) is 2.50. The molecule has 0 amide bonds. The second-order valence-electron chi connectivity index (χ2n) is 5.04. The Hall–Kier alpha value is -1.70. The molecule has 1 heterocycles. The van der Waals surface area contributed by atoms with Gasteiger partial charge in [0.05, 0.1) is 0 Å². The topological polar surface area (TPSA) is 25.2 Å². The van der Waals surface area contributed by atoms with E-state index in [9.17, 15) is 5.11 Å². The standard InChI is InChI=1S/C14H17NO/c1-14(2,3)11-9-13(16)15(10-11)12-7-5-4-6-8-12/h4-10,16H,1-3H3. The minimum Gasteiger partial charge on any atom is -0.494 e. The zero-order chi connectivity index (χ0) is 11.8. The van der Waals surface area contributed by atoms with Gasteiger partial charge >= 0.3 is 0 Å². The molecule has 1 aromatic heterocycles. The third kappa shape index (κ3) is 1.96. The quantitative estimate of drug-likeness (QED) is 0.774. The van der Waals surface area contributed by atoms with Gasteiger partial charge in [-0.1, -0.05) is 39.0 Å². The van der Waals surface area contributed by atoms with Crippen LogP contribution in [-0.4, -0.2) is 9.67 Å². The average molecular weight is 215 g/mol. The van der Waals surface area contributed by atoms with Crippen molar-refractivity contribution in [3.8, 4) is 11.6 Å². The van der Waals surface area contributed by atoms with Gasteiger partial charge in [0, 0.05) is 18.0 Å². The van der Waals surface area contributed by atoms with Crippen LogP contribution in [-0.2, 0) is 5.41 Å². The summed E-state index contributed by atoms with van der Waals surface area (Å²) < 4.78 is 1.81. The Balaban J connectivity index is 2.48. The van der Waals surface area contributed by atoms with Crippen LogP contribution in [0, 0.1) is 0 Å². The Morgan fingerprint density at radius 3 is 2.19 bits per heavy atom. The minimum absolute atomic E-state index is 0.0531. The fourth-order valence-corrected chi connectivity index (χ4v) is 1.66. The van der Waals surface area contributed by atoms with Crippen molar-refractivity contribution < 1.29 is 5.11 Å². The summed E-state index contributed by atoms with van der Waals surface area (Å²) in [5, 5.41) is 9.91. The number of aromatic hydroxyl groups is 1. The summed E-state index contributed by atoms with van der Waals surface area (Å²) >= 11 is 0. The van der Waals surface area contributed by atoms with Crippen LogP contribution in [0.25, 0.3) is 5.69 Å². The van der Waals surface area contributed by atoms with E-state index in [0.29, 0.717) is 0 Å². The molecule has 0 radical (unpaired) electrons. The van der Waals surface area contributed by atoms with Crippen molar-refractivity contribution >= 4 is 0 Å². The largest absolute Gasteiger partial charge is 0.494 e. The first-order chi connectivity index (χ1) is 7.48. The molecule has 0 atom stereocenters. The molecule has 0 saturated heterocycles. The van der Waals surface area contributed by atoms with Crippen LogP contribution >= 0.6 is 0 Å². The molecular weight excluding hydrogens is 198 g/mol. The molecule has 1 N–H and O–H groups in total. The van der Waals surface area contributed by atoms with E-state index in [4.69, 9.17) is 0 Å². The highest BCUT2D eigenvalue weighted by Crippen LogP contribution is 2.29. The van der Waals surface area contributed by atoms with Gasteiger partial charge in [-0.3, -0.25) is 4.57 Å². The molecule has 2 heteroatoms. The van der Waals surface area contributed by atoms with Crippen LogP contribution in [0.1, 0.15) is 26.3 Å². The minimum atomic E-state index is 0.0531. The fourth-order valence-electron chi connectivity index (χ4n) is 1.66. The van der Waals surface area contributed by atoms with Gasteiger partial charge in [0.2, 0.25) is 0 Å². The Morgan fingerprint density at radius 2 is 1.69 bits per heavy atom. The molecule has 0 bridgehead atoms. The second-order valence-corrected chi connectivity index (χ2v) is 5.04. The maximum Gasteiger partial charge on any atom is 0.195 e. The van der Waals surface area contributed by atoms with Crippen molar-refractivity contribution in [3.63, 3.8) is 0 Å². The van der Waals surface area contributed by atoms with Gasteiger partial charge in [0.1, 0.15) is 0 Å². The molecule has 2 rings (SSSR count). The molecule has 0 aliphatic carbocycles. The Morgan fingerprint density at radius 1 is 1.06 bits per heavy atom. The van der Waals surface area contributed by atoms with E-state index in [1.165, 1.54) is 0 Å². The van der Waals surface area contributed by atoms with Crippen molar-refractivity contribution in [2.45, 2.75) is 26.2 Å². The van der Waals surface area contributed by atoms with E-state index in [0.717, 1.165) is 11.3 Å². The molecule has 2 nitrogen and oxygen atoms in total. The van der Waals surface area contributed by atoms with Gasteiger partial charge in [-0.25, -0.2) is 0 Å². The molecular formula is C14H17NO. The van der Waals surface area contributed by atoms with Crippen molar-refractivity contribution in [2.75, 3.05) is 0 Å². The third-order valence-corrected chi connectivity index (χ3v) is 2.70. The maximum absolute atomic E-state index is 9.91. The lowest BCUT2D eigenvalue weighted by atomic mass is 9.89. The van der Waals surface area contributed by atoms with Gasteiger partial charge < -0.3 is 5.11 Å². The number of nitrogens with zero attached hydrogens (tertiary/aromatic N) is 1. The predicted molar refractivity (Wildman–Crippen MR) is 66.1 cm³/mol. The van der Waals surface area contributed by atoms with Crippen LogP contribution < -0.4 is 0 Å². The number of rotatable bonds is 1. The second kappa shape index (κ2) is 3.71. The fraction of sp³-hybridized carbons (Fsp3) is 0.286. The van der Waals surface area contributed by atoms with Gasteiger partial charge in [-0.2, -0.15) is 0 Å². The SMILES string of the molecule is CC(C)(C)c1cc(O)n(-c2ccccc2)c1. The number of para-hydroxylation sites is 1. The maximum atomic E-state index is 9.91. The van der Waals surface area contributed by atoms with Crippen molar-refractivity contribution in [3.05, 3.63) is 48.2 Å². The lowest BCUT2D eigenvalue weighted by Gasteiger charge is -2.15. The molecule has 0 unspecified atom stereocenters. The normalized spacial score (nSPS) is 11.7. The third-order valence-electron chi connectivity index (χ3n) is 2.70. The lowest BCUT2D eigenvalue weighted by molar-refractivity contribution is 0.442. The van der Waals surface area contributed by atoms with Gasteiger partial charge in [0.25, 0.3) is 0 Å². The number of hydrogen-bond donors (Lipinski definition) is 1. The van der Waals surface area contributed by atoms with E-state index >= 15 is 0 Å². The zero-order valence-corrected chi connectivity index (χ0v) is 9.94. The van der Waals surface area contributed by atoms with E-state index in [1.807, 2.05) is 42.6 Å². The molecule has 84 valence electrons. The number of benzene rings is 1. The van der Waals surface area contributed by atoms with E-state index < -0.39 is 0 Å². The first kappa shape index (κ1) is 10.8. The van der Waals surface area contributed by atoms with Crippen LogP contribution in [0.4, 0.5) is 0 Å². The highest BCUT2D eigenvalue weighted by Gasteiger charge is 2.17. The van der Waals surface area contributed by atoms with Gasteiger partial charge in [-0.05, 0) is 23.1 Å². The molecule has 0 spiro atoms. The summed E-state index contributed by atoms with van der Waals surface area (Å²) in [6.07, 6.45) is 1.99. The lowest BCUT2D eigenvalue weighted by Crippen LogP contribution is -2.09. The van der Waals surface area contributed by atoms with Crippen molar-refractivity contribution in [1.29, 1.82) is 0 Å². The van der Waals surface area contributed by atoms with Crippen LogP contribution in [0.15, 0.2) is 42.6 Å². The summed E-state index contributed by atoms with van der Waals surface area (Å²) in [5.74, 6) is 0.288. The molecule has 0 saturated carbocycles. The number of hydrogen-bond acceptors (Lipinski definition) is 1. The van der Waals surface area contributed by atoms with Gasteiger partial charge in [-0.15, -0.1) is 0 Å². The highest BCUT2D eigenvalue weighted by atomic mass is 16.3. The average Bonchev–Trinajstić information content (AvgIpc) is 2.61. The summed E-state index contributed by atoms with van der Waals surface area (Å²) in [6, 6.07) is 11.7. The van der Waals surface area contributed by atoms with E-state index in [2.05, 4.69) is 20.8 Å². The summed E-state index contributed by atoms with van der Waals surface area (Å²) in [4.78, 5) is 0. The van der Waals surface area contributed by atoms with Crippen LogP contribution in [0.2, 0.25) is 0 Å². The number of aromatic nitrogens is 1. The monoisotopic (exact) mass is 215 g/mol.